The summed E-state index contributed by atoms with van der Waals surface area (Å²) in [6.45, 7) is 1.88. The van der Waals surface area contributed by atoms with Gasteiger partial charge in [0.25, 0.3) is 10.0 Å². The number of anilines is 1. The first-order chi connectivity index (χ1) is 12.6. The minimum Gasteiger partial charge on any atom is -0.279 e. The van der Waals surface area contributed by atoms with Gasteiger partial charge in [0.1, 0.15) is 0 Å². The second-order valence-corrected chi connectivity index (χ2v) is 10.2. The van der Waals surface area contributed by atoms with E-state index in [0.717, 1.165) is 9.87 Å². The Kier molecular flexibility index (Phi) is 4.98. The van der Waals surface area contributed by atoms with Crippen LogP contribution in [0.3, 0.4) is 0 Å². The molecule has 0 spiro atoms. The molecule has 0 amide bonds. The summed E-state index contributed by atoms with van der Waals surface area (Å²) in [6, 6.07) is 16.2. The SMILES string of the molecule is Cc1ccc(S(=O)(=O)Nc2ccc(S(=O)(=O)N(C)C)c3ccccc23)cc1. The summed E-state index contributed by atoms with van der Waals surface area (Å²) in [6.07, 6.45) is 0. The zero-order valence-corrected chi connectivity index (χ0v) is 16.8. The lowest BCUT2D eigenvalue weighted by Crippen LogP contribution is -2.22. The number of aryl methyl sites for hydroxylation is 1. The van der Waals surface area contributed by atoms with Crippen LogP contribution in [0.15, 0.2) is 70.5 Å². The highest BCUT2D eigenvalue weighted by Crippen LogP contribution is 2.31. The van der Waals surface area contributed by atoms with E-state index in [2.05, 4.69) is 4.72 Å². The quantitative estimate of drug-likeness (QED) is 0.708. The van der Waals surface area contributed by atoms with E-state index in [1.54, 1.807) is 36.4 Å². The normalized spacial score (nSPS) is 12.4. The zero-order chi connectivity index (χ0) is 19.8. The molecule has 0 saturated heterocycles. The molecule has 0 aliphatic heterocycles. The minimum absolute atomic E-state index is 0.126. The highest BCUT2D eigenvalue weighted by Gasteiger charge is 2.22. The van der Waals surface area contributed by atoms with E-state index >= 15 is 0 Å². The van der Waals surface area contributed by atoms with Crippen LogP contribution in [0, 0.1) is 6.92 Å². The number of rotatable bonds is 5. The molecule has 27 heavy (non-hydrogen) atoms. The third-order valence-electron chi connectivity index (χ3n) is 4.22. The number of benzene rings is 3. The maximum absolute atomic E-state index is 12.7. The van der Waals surface area contributed by atoms with Crippen LogP contribution < -0.4 is 4.72 Å². The number of sulfonamides is 2. The molecule has 0 fully saturated rings. The van der Waals surface area contributed by atoms with Gasteiger partial charge in [-0.3, -0.25) is 4.72 Å². The second kappa shape index (κ2) is 6.95. The summed E-state index contributed by atoms with van der Waals surface area (Å²) in [5, 5.41) is 0.964. The van der Waals surface area contributed by atoms with Gasteiger partial charge >= 0.3 is 0 Å². The fourth-order valence-electron chi connectivity index (χ4n) is 2.70. The molecule has 0 bridgehead atoms. The highest BCUT2D eigenvalue weighted by atomic mass is 32.2. The molecule has 3 rings (SSSR count). The maximum Gasteiger partial charge on any atom is 0.261 e. The molecule has 0 aliphatic carbocycles. The van der Waals surface area contributed by atoms with E-state index in [1.807, 2.05) is 6.92 Å². The van der Waals surface area contributed by atoms with Crippen LogP contribution >= 0.6 is 0 Å². The van der Waals surface area contributed by atoms with Crippen molar-refractivity contribution in [1.29, 1.82) is 0 Å². The van der Waals surface area contributed by atoms with E-state index in [9.17, 15) is 16.8 Å². The molecular weight excluding hydrogens is 384 g/mol. The third-order valence-corrected chi connectivity index (χ3v) is 7.47. The van der Waals surface area contributed by atoms with Crippen molar-refractivity contribution in [3.63, 3.8) is 0 Å². The first kappa shape index (κ1) is 19.3. The van der Waals surface area contributed by atoms with Gasteiger partial charge in [0.2, 0.25) is 10.0 Å². The fourth-order valence-corrected chi connectivity index (χ4v) is 4.87. The Labute approximate surface area is 159 Å². The van der Waals surface area contributed by atoms with Crippen molar-refractivity contribution in [2.24, 2.45) is 0 Å². The van der Waals surface area contributed by atoms with Crippen molar-refractivity contribution in [2.75, 3.05) is 18.8 Å². The first-order valence-electron chi connectivity index (χ1n) is 8.17. The molecule has 0 unspecified atom stereocenters. The Morgan fingerprint density at radius 2 is 1.37 bits per heavy atom. The smallest absolute Gasteiger partial charge is 0.261 e. The van der Waals surface area contributed by atoms with Gasteiger partial charge in [-0.05, 0) is 31.2 Å². The van der Waals surface area contributed by atoms with Gasteiger partial charge in [0, 0.05) is 24.9 Å². The Morgan fingerprint density at radius 1 is 0.778 bits per heavy atom. The number of hydrogen-bond donors (Lipinski definition) is 1. The number of fused-ring (bicyclic) bond motifs is 1. The van der Waals surface area contributed by atoms with Crippen LogP contribution in [0.1, 0.15) is 5.56 Å². The average molecular weight is 405 g/mol. The van der Waals surface area contributed by atoms with Gasteiger partial charge in [0.05, 0.1) is 15.5 Å². The Balaban J connectivity index is 2.13. The Morgan fingerprint density at radius 3 is 1.96 bits per heavy atom. The van der Waals surface area contributed by atoms with E-state index in [4.69, 9.17) is 0 Å². The average Bonchev–Trinajstić information content (AvgIpc) is 2.62. The topological polar surface area (TPSA) is 83.5 Å². The molecular formula is C19H20N2O4S2. The van der Waals surface area contributed by atoms with E-state index in [0.29, 0.717) is 16.5 Å². The molecule has 3 aromatic rings. The van der Waals surface area contributed by atoms with E-state index in [1.165, 1.54) is 38.4 Å². The predicted molar refractivity (Wildman–Crippen MR) is 107 cm³/mol. The zero-order valence-electron chi connectivity index (χ0n) is 15.2. The summed E-state index contributed by atoms with van der Waals surface area (Å²) >= 11 is 0. The van der Waals surface area contributed by atoms with E-state index in [-0.39, 0.29) is 9.79 Å². The monoisotopic (exact) mass is 404 g/mol. The molecule has 8 heteroatoms. The van der Waals surface area contributed by atoms with Gasteiger partial charge in [-0.25, -0.2) is 21.1 Å². The number of nitrogens with zero attached hydrogens (tertiary/aromatic N) is 1. The maximum atomic E-state index is 12.7. The lowest BCUT2D eigenvalue weighted by molar-refractivity contribution is 0.521. The summed E-state index contributed by atoms with van der Waals surface area (Å²) in [4.78, 5) is 0.267. The van der Waals surface area contributed by atoms with Crippen molar-refractivity contribution in [1.82, 2.24) is 4.31 Å². The van der Waals surface area contributed by atoms with Gasteiger partial charge in [-0.2, -0.15) is 0 Å². The molecule has 0 radical (unpaired) electrons. The van der Waals surface area contributed by atoms with Crippen LogP contribution in [-0.2, 0) is 20.0 Å². The van der Waals surface area contributed by atoms with Gasteiger partial charge < -0.3 is 0 Å². The van der Waals surface area contributed by atoms with Crippen LogP contribution in [0.4, 0.5) is 5.69 Å². The molecule has 142 valence electrons. The molecule has 0 aromatic heterocycles. The largest absolute Gasteiger partial charge is 0.279 e. The lowest BCUT2D eigenvalue weighted by Gasteiger charge is -2.16. The highest BCUT2D eigenvalue weighted by molar-refractivity contribution is 7.92. The van der Waals surface area contributed by atoms with Crippen LogP contribution in [0.5, 0.6) is 0 Å². The summed E-state index contributed by atoms with van der Waals surface area (Å²) in [7, 11) is -4.55. The molecule has 0 atom stereocenters. The van der Waals surface area contributed by atoms with Crippen LogP contribution in [-0.4, -0.2) is 35.2 Å². The first-order valence-corrected chi connectivity index (χ1v) is 11.1. The van der Waals surface area contributed by atoms with Crippen molar-refractivity contribution in [3.05, 3.63) is 66.2 Å². The Hall–Kier alpha value is -2.42. The van der Waals surface area contributed by atoms with Crippen molar-refractivity contribution in [2.45, 2.75) is 16.7 Å². The minimum atomic E-state index is -3.80. The molecule has 1 N–H and O–H groups in total. The molecule has 0 heterocycles. The predicted octanol–water partition coefficient (Wildman–Crippen LogP) is 3.20. The van der Waals surface area contributed by atoms with Crippen LogP contribution in [0.2, 0.25) is 0 Å². The summed E-state index contributed by atoms with van der Waals surface area (Å²) in [5.74, 6) is 0. The van der Waals surface area contributed by atoms with Crippen molar-refractivity contribution >= 4 is 36.5 Å². The van der Waals surface area contributed by atoms with Crippen LogP contribution in [0.25, 0.3) is 10.8 Å². The summed E-state index contributed by atoms with van der Waals surface area (Å²) < 4.78 is 54.3. The standard InChI is InChI=1S/C19H20N2O4S2/c1-14-8-10-15(11-9-14)26(22,23)20-18-12-13-19(27(24,25)21(2)3)17-7-5-4-6-16(17)18/h4-13,20H,1-3H3. The summed E-state index contributed by atoms with van der Waals surface area (Å²) in [5.41, 5.74) is 1.28. The molecule has 3 aromatic carbocycles. The lowest BCUT2D eigenvalue weighted by atomic mass is 10.1. The fraction of sp³-hybridized carbons (Fsp3) is 0.158. The Bertz CT molecular complexity index is 1200. The number of nitrogens with one attached hydrogen (secondary N) is 1. The second-order valence-electron chi connectivity index (χ2n) is 6.36. The van der Waals surface area contributed by atoms with Crippen molar-refractivity contribution < 1.29 is 16.8 Å². The van der Waals surface area contributed by atoms with Gasteiger partial charge in [-0.1, -0.05) is 42.0 Å². The van der Waals surface area contributed by atoms with Gasteiger partial charge in [-0.15, -0.1) is 0 Å². The van der Waals surface area contributed by atoms with Crippen molar-refractivity contribution in [3.8, 4) is 0 Å². The molecule has 6 nitrogen and oxygen atoms in total. The molecule has 0 saturated carbocycles. The van der Waals surface area contributed by atoms with E-state index < -0.39 is 20.0 Å². The third kappa shape index (κ3) is 3.69. The van der Waals surface area contributed by atoms with Gasteiger partial charge in [0.15, 0.2) is 0 Å². The number of hydrogen-bond acceptors (Lipinski definition) is 4. The molecule has 0 aliphatic rings.